The Morgan fingerprint density at radius 3 is 2.80 bits per heavy atom. The third-order valence-corrected chi connectivity index (χ3v) is 4.36. The number of benzene rings is 1. The molecule has 1 aromatic heterocycles. The minimum absolute atomic E-state index is 0.740. The highest BCUT2D eigenvalue weighted by Gasteiger charge is 2.18. The first kappa shape index (κ1) is 13.1. The molecule has 20 heavy (non-hydrogen) atoms. The molecule has 1 aliphatic heterocycles. The molecule has 0 N–H and O–H groups in total. The highest BCUT2D eigenvalue weighted by molar-refractivity contribution is 7.13. The van der Waals surface area contributed by atoms with Gasteiger partial charge >= 0.3 is 0 Å². The Balaban J connectivity index is 1.57. The van der Waals surface area contributed by atoms with Crippen molar-refractivity contribution >= 4 is 16.5 Å². The monoisotopic (exact) mass is 284 g/mol. The van der Waals surface area contributed by atoms with Gasteiger partial charge in [0, 0.05) is 44.3 Å². The largest absolute Gasteiger partial charge is 0.346 e. The van der Waals surface area contributed by atoms with Crippen molar-refractivity contribution in [3.63, 3.8) is 0 Å². The van der Waals surface area contributed by atoms with Crippen molar-refractivity contribution in [2.24, 2.45) is 0 Å². The van der Waals surface area contributed by atoms with E-state index < -0.39 is 0 Å². The lowest BCUT2D eigenvalue weighted by Crippen LogP contribution is -2.45. The van der Waals surface area contributed by atoms with Crippen LogP contribution in [0.1, 0.15) is 11.1 Å². The summed E-state index contributed by atoms with van der Waals surface area (Å²) in [6.45, 7) is 5.03. The van der Waals surface area contributed by atoms with E-state index in [4.69, 9.17) is 5.26 Å². The lowest BCUT2D eigenvalue weighted by Gasteiger charge is -2.34. The van der Waals surface area contributed by atoms with Crippen molar-refractivity contribution in [1.29, 1.82) is 5.26 Å². The minimum atomic E-state index is 0.740. The first-order chi connectivity index (χ1) is 9.85. The summed E-state index contributed by atoms with van der Waals surface area (Å²) >= 11 is 1.70. The Kier molecular flexibility index (Phi) is 3.95. The van der Waals surface area contributed by atoms with Crippen molar-refractivity contribution in [2.75, 3.05) is 31.1 Å². The zero-order valence-corrected chi connectivity index (χ0v) is 12.0. The highest BCUT2D eigenvalue weighted by Crippen LogP contribution is 2.19. The fourth-order valence-corrected chi connectivity index (χ4v) is 3.16. The Bertz CT molecular complexity index is 595. The van der Waals surface area contributed by atoms with E-state index in [9.17, 15) is 0 Å². The van der Waals surface area contributed by atoms with E-state index in [1.807, 2.05) is 29.8 Å². The summed E-state index contributed by atoms with van der Waals surface area (Å²) in [5.74, 6) is 0. The molecule has 0 atom stereocenters. The molecular formula is C15H16N4S. The molecule has 1 aromatic carbocycles. The van der Waals surface area contributed by atoms with Gasteiger partial charge in [-0.25, -0.2) is 4.98 Å². The van der Waals surface area contributed by atoms with Gasteiger partial charge in [-0.1, -0.05) is 12.1 Å². The summed E-state index contributed by atoms with van der Waals surface area (Å²) in [5.41, 5.74) is 1.95. The fraction of sp³-hybridized carbons (Fsp3) is 0.333. The topological polar surface area (TPSA) is 43.2 Å². The summed E-state index contributed by atoms with van der Waals surface area (Å²) < 4.78 is 0. The predicted octanol–water partition coefficient (Wildman–Crippen LogP) is 2.34. The number of thiazole rings is 1. The Hall–Kier alpha value is -1.90. The summed E-state index contributed by atoms with van der Waals surface area (Å²) in [7, 11) is 0. The molecule has 3 rings (SSSR count). The van der Waals surface area contributed by atoms with E-state index >= 15 is 0 Å². The summed E-state index contributed by atoms with van der Waals surface area (Å²) in [6.07, 6.45) is 1.86. The molecule has 0 bridgehead atoms. The van der Waals surface area contributed by atoms with Crippen LogP contribution in [0.4, 0.5) is 5.13 Å². The standard InChI is InChI=1S/C15H16N4S/c16-11-13-2-1-3-14(10-13)12-18-5-7-19(8-6-18)15-17-4-9-20-15/h1-4,9-10H,5-8,12H2. The van der Waals surface area contributed by atoms with Crippen LogP contribution in [0.25, 0.3) is 0 Å². The van der Waals surface area contributed by atoms with Crippen LogP contribution in [-0.2, 0) is 6.54 Å². The van der Waals surface area contributed by atoms with Gasteiger partial charge in [0.1, 0.15) is 0 Å². The van der Waals surface area contributed by atoms with Crippen LogP contribution in [0.3, 0.4) is 0 Å². The van der Waals surface area contributed by atoms with Crippen LogP contribution >= 0.6 is 11.3 Å². The summed E-state index contributed by atoms with van der Waals surface area (Å²) in [6, 6.07) is 10.1. The molecule has 2 heterocycles. The van der Waals surface area contributed by atoms with Gasteiger partial charge < -0.3 is 4.90 Å². The van der Waals surface area contributed by atoms with Crippen LogP contribution < -0.4 is 4.90 Å². The zero-order chi connectivity index (χ0) is 13.8. The van der Waals surface area contributed by atoms with E-state index in [0.717, 1.165) is 43.4 Å². The van der Waals surface area contributed by atoms with Gasteiger partial charge in [-0.2, -0.15) is 5.26 Å². The van der Waals surface area contributed by atoms with Gasteiger partial charge in [-0.05, 0) is 17.7 Å². The van der Waals surface area contributed by atoms with Crippen molar-refractivity contribution in [1.82, 2.24) is 9.88 Å². The number of rotatable bonds is 3. The molecule has 1 aliphatic rings. The molecule has 0 aliphatic carbocycles. The van der Waals surface area contributed by atoms with E-state index in [1.165, 1.54) is 5.56 Å². The SMILES string of the molecule is N#Cc1cccc(CN2CCN(c3nccs3)CC2)c1. The molecular weight excluding hydrogens is 268 g/mol. The van der Waals surface area contributed by atoms with Crippen LogP contribution in [-0.4, -0.2) is 36.1 Å². The third-order valence-electron chi connectivity index (χ3n) is 3.52. The van der Waals surface area contributed by atoms with Crippen LogP contribution in [0, 0.1) is 11.3 Å². The third kappa shape index (κ3) is 2.98. The first-order valence-electron chi connectivity index (χ1n) is 6.71. The number of hydrogen-bond donors (Lipinski definition) is 0. The van der Waals surface area contributed by atoms with E-state index in [-0.39, 0.29) is 0 Å². The Morgan fingerprint density at radius 2 is 2.10 bits per heavy atom. The second-order valence-corrected chi connectivity index (χ2v) is 5.76. The molecule has 2 aromatic rings. The van der Waals surface area contributed by atoms with Gasteiger partial charge in [0.05, 0.1) is 11.6 Å². The normalized spacial score (nSPS) is 16.1. The lowest BCUT2D eigenvalue weighted by atomic mass is 10.1. The summed E-state index contributed by atoms with van der Waals surface area (Å²) in [4.78, 5) is 9.13. The molecule has 0 spiro atoms. The van der Waals surface area contributed by atoms with Crippen LogP contribution in [0.5, 0.6) is 0 Å². The molecule has 0 amide bonds. The second kappa shape index (κ2) is 6.04. The molecule has 1 fully saturated rings. The zero-order valence-electron chi connectivity index (χ0n) is 11.2. The molecule has 0 unspecified atom stereocenters. The quantitative estimate of drug-likeness (QED) is 0.867. The Labute approximate surface area is 122 Å². The van der Waals surface area contributed by atoms with Gasteiger partial charge in [0.25, 0.3) is 0 Å². The lowest BCUT2D eigenvalue weighted by molar-refractivity contribution is 0.250. The molecule has 102 valence electrons. The maximum atomic E-state index is 8.93. The number of piperazine rings is 1. The van der Waals surface area contributed by atoms with Gasteiger partial charge in [-0.3, -0.25) is 4.90 Å². The van der Waals surface area contributed by atoms with Crippen molar-refractivity contribution in [3.8, 4) is 6.07 Å². The van der Waals surface area contributed by atoms with E-state index in [2.05, 4.69) is 26.9 Å². The number of nitriles is 1. The van der Waals surface area contributed by atoms with E-state index in [1.54, 1.807) is 11.3 Å². The molecule has 0 saturated carbocycles. The number of anilines is 1. The van der Waals surface area contributed by atoms with Crippen LogP contribution in [0.2, 0.25) is 0 Å². The van der Waals surface area contributed by atoms with Crippen molar-refractivity contribution in [3.05, 3.63) is 47.0 Å². The van der Waals surface area contributed by atoms with E-state index in [0.29, 0.717) is 0 Å². The molecule has 4 nitrogen and oxygen atoms in total. The number of nitrogens with zero attached hydrogens (tertiary/aromatic N) is 4. The molecule has 5 heteroatoms. The average Bonchev–Trinajstić information content (AvgIpc) is 3.02. The maximum absolute atomic E-state index is 8.93. The Morgan fingerprint density at radius 1 is 1.25 bits per heavy atom. The van der Waals surface area contributed by atoms with Gasteiger partial charge in [-0.15, -0.1) is 11.3 Å². The van der Waals surface area contributed by atoms with Gasteiger partial charge in [0.15, 0.2) is 5.13 Å². The number of hydrogen-bond acceptors (Lipinski definition) is 5. The summed E-state index contributed by atoms with van der Waals surface area (Å²) in [5, 5.41) is 12.1. The predicted molar refractivity (Wildman–Crippen MR) is 80.8 cm³/mol. The molecule has 0 radical (unpaired) electrons. The highest BCUT2D eigenvalue weighted by atomic mass is 32.1. The molecule has 1 saturated heterocycles. The average molecular weight is 284 g/mol. The van der Waals surface area contributed by atoms with Gasteiger partial charge in [0.2, 0.25) is 0 Å². The first-order valence-corrected chi connectivity index (χ1v) is 7.59. The second-order valence-electron chi connectivity index (χ2n) is 4.89. The number of aromatic nitrogens is 1. The fourth-order valence-electron chi connectivity index (χ4n) is 2.47. The van der Waals surface area contributed by atoms with Crippen molar-refractivity contribution in [2.45, 2.75) is 6.54 Å². The smallest absolute Gasteiger partial charge is 0.185 e. The maximum Gasteiger partial charge on any atom is 0.185 e. The van der Waals surface area contributed by atoms with Crippen molar-refractivity contribution < 1.29 is 0 Å². The minimum Gasteiger partial charge on any atom is -0.346 e. The van der Waals surface area contributed by atoms with Crippen LogP contribution in [0.15, 0.2) is 35.8 Å².